The van der Waals surface area contributed by atoms with E-state index in [2.05, 4.69) is 40.7 Å². The lowest BCUT2D eigenvalue weighted by Gasteiger charge is -2.27. The van der Waals surface area contributed by atoms with Gasteiger partial charge in [0.2, 0.25) is 5.91 Å². The van der Waals surface area contributed by atoms with Crippen LogP contribution in [0.1, 0.15) is 49.3 Å². The van der Waals surface area contributed by atoms with Gasteiger partial charge in [0, 0.05) is 50.8 Å². The summed E-state index contributed by atoms with van der Waals surface area (Å²) in [6, 6.07) is 11.5. The molecule has 5 heteroatoms. The Kier molecular flexibility index (Phi) is 5.81. The van der Waals surface area contributed by atoms with Gasteiger partial charge in [-0.3, -0.25) is 9.48 Å². The normalized spacial score (nSPS) is 27.6. The summed E-state index contributed by atoms with van der Waals surface area (Å²) in [7, 11) is 3.86. The lowest BCUT2D eigenvalue weighted by atomic mass is 9.92. The first kappa shape index (κ1) is 19.2. The number of nitrogens with zero attached hydrogens (tertiary/aromatic N) is 3. The molecule has 1 N–H and O–H groups in total. The van der Waals surface area contributed by atoms with Crippen molar-refractivity contribution in [1.82, 2.24) is 20.0 Å². The highest BCUT2D eigenvalue weighted by atomic mass is 16.2. The molecule has 0 radical (unpaired) electrons. The van der Waals surface area contributed by atoms with Gasteiger partial charge in [0.25, 0.3) is 0 Å². The fraction of sp³-hybridized carbons (Fsp3) is 0.565. The number of rotatable bonds is 7. The minimum absolute atomic E-state index is 0.137. The van der Waals surface area contributed by atoms with E-state index in [1.165, 1.54) is 31.2 Å². The number of carbonyl (C=O) groups excluding carboxylic acids is 1. The summed E-state index contributed by atoms with van der Waals surface area (Å²) in [6.45, 7) is 0.905. The van der Waals surface area contributed by atoms with Gasteiger partial charge in [0.1, 0.15) is 0 Å². The fourth-order valence-corrected chi connectivity index (χ4v) is 5.17. The molecule has 2 heterocycles. The smallest absolute Gasteiger partial charge is 0.223 e. The second-order valence-electron chi connectivity index (χ2n) is 8.59. The Bertz CT molecular complexity index is 787. The van der Waals surface area contributed by atoms with Crippen molar-refractivity contribution in [3.8, 4) is 0 Å². The molecule has 4 atom stereocenters. The van der Waals surface area contributed by atoms with Crippen LogP contribution >= 0.6 is 0 Å². The first-order valence-electron chi connectivity index (χ1n) is 10.6. The molecule has 5 nitrogen and oxygen atoms in total. The molecule has 1 aliphatic heterocycles. The summed E-state index contributed by atoms with van der Waals surface area (Å²) < 4.78 is 1.83. The molecule has 4 rings (SSSR count). The van der Waals surface area contributed by atoms with E-state index in [0.717, 1.165) is 24.4 Å². The van der Waals surface area contributed by atoms with Crippen molar-refractivity contribution in [3.63, 3.8) is 0 Å². The first-order chi connectivity index (χ1) is 13.6. The Morgan fingerprint density at radius 3 is 2.71 bits per heavy atom. The Labute approximate surface area is 168 Å². The number of benzene rings is 1. The van der Waals surface area contributed by atoms with Crippen molar-refractivity contribution in [1.29, 1.82) is 0 Å². The molecule has 2 aromatic rings. The van der Waals surface area contributed by atoms with Crippen LogP contribution < -0.4 is 5.32 Å². The minimum Gasteiger partial charge on any atom is -0.338 e. The van der Waals surface area contributed by atoms with E-state index >= 15 is 0 Å². The molecule has 2 aliphatic rings. The van der Waals surface area contributed by atoms with Crippen LogP contribution in [0.15, 0.2) is 42.7 Å². The van der Waals surface area contributed by atoms with Crippen LogP contribution in [0.4, 0.5) is 0 Å². The van der Waals surface area contributed by atoms with Gasteiger partial charge in [-0.25, -0.2) is 0 Å². The van der Waals surface area contributed by atoms with Gasteiger partial charge in [-0.2, -0.15) is 5.10 Å². The maximum atomic E-state index is 12.4. The number of amides is 1. The second-order valence-corrected chi connectivity index (χ2v) is 8.59. The van der Waals surface area contributed by atoms with Gasteiger partial charge in [-0.15, -0.1) is 0 Å². The number of aromatic nitrogens is 2. The van der Waals surface area contributed by atoms with Crippen molar-refractivity contribution < 1.29 is 4.79 Å². The summed E-state index contributed by atoms with van der Waals surface area (Å²) in [5.74, 6) is 1.30. The quantitative estimate of drug-likeness (QED) is 0.802. The number of likely N-dealkylation sites (tertiary alicyclic amines) is 1. The van der Waals surface area contributed by atoms with Crippen LogP contribution in [0.5, 0.6) is 0 Å². The van der Waals surface area contributed by atoms with Crippen molar-refractivity contribution >= 4 is 5.91 Å². The average Bonchev–Trinajstić information content (AvgIpc) is 3.39. The van der Waals surface area contributed by atoms with Gasteiger partial charge < -0.3 is 10.2 Å². The summed E-state index contributed by atoms with van der Waals surface area (Å²) in [4.78, 5) is 14.3. The molecule has 1 saturated carbocycles. The molecule has 0 spiro atoms. The lowest BCUT2D eigenvalue weighted by molar-refractivity contribution is -0.127. The van der Waals surface area contributed by atoms with Crippen molar-refractivity contribution in [2.75, 3.05) is 13.6 Å². The lowest BCUT2D eigenvalue weighted by Crippen LogP contribution is -2.37. The van der Waals surface area contributed by atoms with Crippen molar-refractivity contribution in [2.45, 2.75) is 50.6 Å². The van der Waals surface area contributed by atoms with Gasteiger partial charge in [0.05, 0.1) is 12.2 Å². The predicted molar refractivity (Wildman–Crippen MR) is 111 cm³/mol. The van der Waals surface area contributed by atoms with Crippen LogP contribution in [0, 0.1) is 11.8 Å². The molecule has 1 aromatic carbocycles. The van der Waals surface area contributed by atoms with Crippen LogP contribution in [0.2, 0.25) is 0 Å². The highest BCUT2D eigenvalue weighted by Crippen LogP contribution is 2.37. The number of carbonyl (C=O) groups is 1. The molecule has 1 aromatic heterocycles. The first-order valence-corrected chi connectivity index (χ1v) is 10.6. The van der Waals surface area contributed by atoms with E-state index in [9.17, 15) is 4.79 Å². The van der Waals surface area contributed by atoms with E-state index in [1.54, 1.807) is 0 Å². The summed E-state index contributed by atoms with van der Waals surface area (Å²) >= 11 is 0. The third-order valence-corrected chi connectivity index (χ3v) is 6.71. The third-order valence-electron chi connectivity index (χ3n) is 6.71. The van der Waals surface area contributed by atoms with E-state index < -0.39 is 0 Å². The molecule has 1 amide bonds. The molecule has 0 unspecified atom stereocenters. The van der Waals surface area contributed by atoms with Gasteiger partial charge in [-0.1, -0.05) is 36.8 Å². The highest BCUT2D eigenvalue weighted by molar-refractivity contribution is 5.79. The summed E-state index contributed by atoms with van der Waals surface area (Å²) in [5.41, 5.74) is 2.59. The van der Waals surface area contributed by atoms with Gasteiger partial charge in [-0.05, 0) is 37.2 Å². The topological polar surface area (TPSA) is 50.2 Å². The minimum atomic E-state index is 0.137. The molecule has 150 valence electrons. The second kappa shape index (κ2) is 8.48. The zero-order valence-corrected chi connectivity index (χ0v) is 17.1. The van der Waals surface area contributed by atoms with E-state index in [0.29, 0.717) is 18.4 Å². The maximum absolute atomic E-state index is 12.4. The van der Waals surface area contributed by atoms with E-state index in [-0.39, 0.29) is 11.9 Å². The Morgan fingerprint density at radius 1 is 1.14 bits per heavy atom. The zero-order chi connectivity index (χ0) is 19.5. The standard InChI is InChI=1S/C23H32N4O/c1-26-16-20(15-25-26)23-19(13-22(28)27(23)2)14-24-21-10-6-9-18(21)12-11-17-7-4-3-5-8-17/h3-5,7-8,15-16,18-19,21,23-24H,6,9-14H2,1-2H3/t18-,19-,21+,23+/m0/s1. The monoisotopic (exact) mass is 380 g/mol. The van der Waals surface area contributed by atoms with Crippen molar-refractivity contribution in [3.05, 3.63) is 53.9 Å². The Morgan fingerprint density at radius 2 is 1.96 bits per heavy atom. The summed E-state index contributed by atoms with van der Waals surface area (Å²) in [6.07, 6.45) is 10.9. The Balaban J connectivity index is 1.35. The number of hydrogen-bond acceptors (Lipinski definition) is 3. The predicted octanol–water partition coefficient (Wildman–Crippen LogP) is 3.33. The fourth-order valence-electron chi connectivity index (χ4n) is 5.17. The largest absolute Gasteiger partial charge is 0.338 e. The van der Waals surface area contributed by atoms with Gasteiger partial charge >= 0.3 is 0 Å². The van der Waals surface area contributed by atoms with Crippen LogP contribution in [-0.4, -0.2) is 40.2 Å². The van der Waals surface area contributed by atoms with Crippen LogP contribution in [-0.2, 0) is 18.3 Å². The maximum Gasteiger partial charge on any atom is 0.223 e. The van der Waals surface area contributed by atoms with E-state index in [4.69, 9.17) is 0 Å². The highest BCUT2D eigenvalue weighted by Gasteiger charge is 2.39. The number of nitrogens with one attached hydrogen (secondary N) is 1. The average molecular weight is 381 g/mol. The van der Waals surface area contributed by atoms with Gasteiger partial charge in [0.15, 0.2) is 0 Å². The van der Waals surface area contributed by atoms with Crippen LogP contribution in [0.25, 0.3) is 0 Å². The third kappa shape index (κ3) is 4.14. The zero-order valence-electron chi connectivity index (χ0n) is 17.1. The number of hydrogen-bond donors (Lipinski definition) is 1. The molecule has 2 fully saturated rings. The molecule has 1 aliphatic carbocycles. The number of aryl methyl sites for hydroxylation is 2. The summed E-state index contributed by atoms with van der Waals surface area (Å²) in [5, 5.41) is 8.17. The van der Waals surface area contributed by atoms with Crippen LogP contribution in [0.3, 0.4) is 0 Å². The van der Waals surface area contributed by atoms with E-state index in [1.807, 2.05) is 36.1 Å². The molecule has 0 bridgehead atoms. The molecule has 28 heavy (non-hydrogen) atoms. The van der Waals surface area contributed by atoms with Crippen molar-refractivity contribution in [2.24, 2.45) is 18.9 Å². The molecule has 1 saturated heterocycles. The SMILES string of the molecule is CN1C(=O)C[C@@H](CN[C@@H]2CCC[C@H]2CCc2ccccc2)[C@@H]1c1cnn(C)c1. The Hall–Kier alpha value is -2.14. The molecular formula is C23H32N4O. The molecular weight excluding hydrogens is 348 g/mol.